The Morgan fingerprint density at radius 3 is 2.58 bits per heavy atom. The van der Waals surface area contributed by atoms with Crippen LogP contribution in [0.15, 0.2) is 46.1 Å². The van der Waals surface area contributed by atoms with E-state index in [9.17, 15) is 14.4 Å². The summed E-state index contributed by atoms with van der Waals surface area (Å²) in [6.45, 7) is 2.47. The Labute approximate surface area is 138 Å². The van der Waals surface area contributed by atoms with E-state index in [1.165, 1.54) is 10.8 Å². The number of carbonyl (C=O) groups excluding carboxylic acids is 1. The lowest BCUT2D eigenvalue weighted by Crippen LogP contribution is -2.31. The van der Waals surface area contributed by atoms with Crippen molar-refractivity contribution in [2.75, 3.05) is 19.8 Å². The minimum Gasteiger partial charge on any atom is -0.373 e. The topological polar surface area (TPSA) is 90.4 Å². The maximum Gasteiger partial charge on any atom is 0.330 e. The average molecular weight is 332 g/mol. The van der Waals surface area contributed by atoms with Crippen LogP contribution < -0.4 is 11.2 Å². The molecule has 0 saturated carbocycles. The van der Waals surface area contributed by atoms with Crippen molar-refractivity contribution in [1.29, 1.82) is 0 Å². The van der Waals surface area contributed by atoms with Gasteiger partial charge in [0.15, 0.2) is 5.78 Å². The first kappa shape index (κ1) is 17.8. The van der Waals surface area contributed by atoms with Crippen molar-refractivity contribution < 1.29 is 14.3 Å². The maximum atomic E-state index is 11.8. The Kier molecular flexibility index (Phi) is 6.65. The fraction of sp³-hybridized carbons (Fsp3) is 0.353. The molecule has 1 N–H and O–H groups in total. The molecule has 0 aliphatic rings. The highest BCUT2D eigenvalue weighted by Gasteiger charge is 2.04. The van der Waals surface area contributed by atoms with Crippen LogP contribution in [0.25, 0.3) is 0 Å². The number of carbonyl (C=O) groups is 1. The third kappa shape index (κ3) is 5.29. The van der Waals surface area contributed by atoms with Crippen LogP contribution in [0, 0.1) is 6.92 Å². The van der Waals surface area contributed by atoms with Crippen molar-refractivity contribution in [2.24, 2.45) is 0 Å². The summed E-state index contributed by atoms with van der Waals surface area (Å²) < 4.78 is 12.0. The lowest BCUT2D eigenvalue weighted by molar-refractivity contribution is 0.0456. The molecule has 2 rings (SSSR count). The zero-order valence-electron chi connectivity index (χ0n) is 13.5. The number of nitrogens with one attached hydrogen (secondary N) is 1. The average Bonchev–Trinajstić information content (AvgIpc) is 2.59. The fourth-order valence-electron chi connectivity index (χ4n) is 2.01. The third-order valence-electron chi connectivity index (χ3n) is 3.33. The van der Waals surface area contributed by atoms with Crippen LogP contribution in [0.5, 0.6) is 0 Å². The van der Waals surface area contributed by atoms with Gasteiger partial charge in [0.2, 0.25) is 0 Å². The molecular weight excluding hydrogens is 312 g/mol. The molecule has 0 aliphatic heterocycles. The molecule has 2 aromatic rings. The zero-order valence-corrected chi connectivity index (χ0v) is 13.5. The van der Waals surface area contributed by atoms with E-state index in [4.69, 9.17) is 9.47 Å². The SMILES string of the molecule is Cc1cn(COCCCOCC(=O)c2ccccc2)c(=O)[nH]c1=O. The van der Waals surface area contributed by atoms with E-state index in [0.29, 0.717) is 30.8 Å². The van der Waals surface area contributed by atoms with Gasteiger partial charge in [-0.3, -0.25) is 19.1 Å². The van der Waals surface area contributed by atoms with Gasteiger partial charge in [-0.15, -0.1) is 0 Å². The molecule has 1 aromatic heterocycles. The van der Waals surface area contributed by atoms with Crippen LogP contribution in [0.1, 0.15) is 22.3 Å². The zero-order chi connectivity index (χ0) is 17.4. The number of ether oxygens (including phenoxy) is 2. The number of hydrogen-bond acceptors (Lipinski definition) is 5. The van der Waals surface area contributed by atoms with Crippen molar-refractivity contribution in [3.05, 3.63) is 68.5 Å². The van der Waals surface area contributed by atoms with Gasteiger partial charge < -0.3 is 9.47 Å². The molecule has 7 nitrogen and oxygen atoms in total. The molecule has 0 aliphatic carbocycles. The number of benzene rings is 1. The minimum atomic E-state index is -0.504. The molecule has 0 spiro atoms. The molecule has 0 amide bonds. The molecule has 0 atom stereocenters. The molecule has 7 heteroatoms. The number of ketones is 1. The third-order valence-corrected chi connectivity index (χ3v) is 3.33. The normalized spacial score (nSPS) is 10.7. The first-order chi connectivity index (χ1) is 11.6. The van der Waals surface area contributed by atoms with E-state index in [1.807, 2.05) is 18.2 Å². The first-order valence-electron chi connectivity index (χ1n) is 7.62. The predicted octanol–water partition coefficient (Wildman–Crippen LogP) is 1.11. The van der Waals surface area contributed by atoms with Gasteiger partial charge >= 0.3 is 5.69 Å². The first-order valence-corrected chi connectivity index (χ1v) is 7.62. The second-order valence-corrected chi connectivity index (χ2v) is 5.27. The van der Waals surface area contributed by atoms with Crippen molar-refractivity contribution in [2.45, 2.75) is 20.1 Å². The van der Waals surface area contributed by atoms with Gasteiger partial charge in [0.1, 0.15) is 13.3 Å². The number of hydrogen-bond donors (Lipinski definition) is 1. The summed E-state index contributed by atoms with van der Waals surface area (Å²) >= 11 is 0. The molecule has 0 radical (unpaired) electrons. The van der Waals surface area contributed by atoms with Gasteiger partial charge in [-0.25, -0.2) is 4.79 Å². The van der Waals surface area contributed by atoms with Gasteiger partial charge in [0, 0.05) is 23.9 Å². The summed E-state index contributed by atoms with van der Waals surface area (Å²) in [5, 5.41) is 0. The Morgan fingerprint density at radius 1 is 1.12 bits per heavy atom. The van der Waals surface area contributed by atoms with Gasteiger partial charge in [0.05, 0.1) is 6.61 Å². The fourth-order valence-corrected chi connectivity index (χ4v) is 2.01. The summed E-state index contributed by atoms with van der Waals surface area (Å²) in [7, 11) is 0. The molecular formula is C17H20N2O5. The molecule has 1 heterocycles. The number of aromatic amines is 1. The molecule has 0 fully saturated rings. The highest BCUT2D eigenvalue weighted by Crippen LogP contribution is 2.00. The standard InChI is InChI=1S/C17H20N2O5/c1-13-10-19(17(22)18-16(13)21)12-24-9-5-8-23-11-15(20)14-6-3-2-4-7-14/h2-4,6-7,10H,5,8-9,11-12H2,1H3,(H,18,21,22). The van der Waals surface area contributed by atoms with Crippen LogP contribution in [-0.4, -0.2) is 35.2 Å². The second kappa shape index (κ2) is 8.95. The largest absolute Gasteiger partial charge is 0.373 e. The van der Waals surface area contributed by atoms with E-state index >= 15 is 0 Å². The van der Waals surface area contributed by atoms with E-state index < -0.39 is 11.2 Å². The molecule has 0 bridgehead atoms. The van der Waals surface area contributed by atoms with Gasteiger partial charge in [-0.2, -0.15) is 0 Å². The van der Waals surface area contributed by atoms with E-state index in [1.54, 1.807) is 19.1 Å². The van der Waals surface area contributed by atoms with Crippen LogP contribution in [0.3, 0.4) is 0 Å². The summed E-state index contributed by atoms with van der Waals surface area (Å²) in [4.78, 5) is 36.8. The van der Waals surface area contributed by atoms with Gasteiger partial charge in [0.25, 0.3) is 5.56 Å². The highest BCUT2D eigenvalue weighted by atomic mass is 16.5. The number of aromatic nitrogens is 2. The smallest absolute Gasteiger partial charge is 0.330 e. The predicted molar refractivity (Wildman–Crippen MR) is 88.2 cm³/mol. The highest BCUT2D eigenvalue weighted by molar-refractivity contribution is 5.96. The Hall–Kier alpha value is -2.51. The Morgan fingerprint density at radius 2 is 1.83 bits per heavy atom. The molecule has 24 heavy (non-hydrogen) atoms. The number of aryl methyl sites for hydroxylation is 1. The van der Waals surface area contributed by atoms with Gasteiger partial charge in [-0.05, 0) is 13.3 Å². The van der Waals surface area contributed by atoms with E-state index in [-0.39, 0.29) is 19.1 Å². The van der Waals surface area contributed by atoms with E-state index in [2.05, 4.69) is 4.98 Å². The van der Waals surface area contributed by atoms with E-state index in [0.717, 1.165) is 0 Å². The van der Waals surface area contributed by atoms with Crippen LogP contribution in [-0.2, 0) is 16.2 Å². The number of H-pyrrole nitrogens is 1. The minimum absolute atomic E-state index is 0.0303. The van der Waals surface area contributed by atoms with Crippen molar-refractivity contribution in [3.8, 4) is 0 Å². The number of Topliss-reactive ketones (excluding diaryl/α,β-unsaturated/α-hetero) is 1. The molecule has 0 unspecified atom stereocenters. The summed E-state index contributed by atoms with van der Waals surface area (Å²) in [6.07, 6.45) is 2.05. The maximum absolute atomic E-state index is 11.8. The molecule has 0 saturated heterocycles. The molecule has 128 valence electrons. The van der Waals surface area contributed by atoms with Gasteiger partial charge in [-0.1, -0.05) is 30.3 Å². The molecule has 1 aromatic carbocycles. The Balaban J connectivity index is 1.62. The lowest BCUT2D eigenvalue weighted by Gasteiger charge is -2.08. The number of nitrogens with zero attached hydrogens (tertiary/aromatic N) is 1. The quantitative estimate of drug-likeness (QED) is 0.549. The number of rotatable bonds is 9. The monoisotopic (exact) mass is 332 g/mol. The van der Waals surface area contributed by atoms with Crippen LogP contribution >= 0.6 is 0 Å². The Bertz CT molecular complexity index is 780. The summed E-state index contributed by atoms with van der Waals surface area (Å²) in [5.74, 6) is -0.0632. The summed E-state index contributed by atoms with van der Waals surface area (Å²) in [5.41, 5.74) is 0.172. The lowest BCUT2D eigenvalue weighted by atomic mass is 10.1. The second-order valence-electron chi connectivity index (χ2n) is 5.27. The van der Waals surface area contributed by atoms with Crippen LogP contribution in [0.4, 0.5) is 0 Å². The van der Waals surface area contributed by atoms with Crippen molar-refractivity contribution in [1.82, 2.24) is 9.55 Å². The van der Waals surface area contributed by atoms with Crippen molar-refractivity contribution >= 4 is 5.78 Å². The van der Waals surface area contributed by atoms with Crippen molar-refractivity contribution in [3.63, 3.8) is 0 Å². The van der Waals surface area contributed by atoms with Crippen LogP contribution in [0.2, 0.25) is 0 Å². The summed E-state index contributed by atoms with van der Waals surface area (Å²) in [6, 6.07) is 8.96.